The van der Waals surface area contributed by atoms with Gasteiger partial charge >= 0.3 is 0 Å². The van der Waals surface area contributed by atoms with Crippen molar-refractivity contribution >= 4 is 72.9 Å². The molecule has 7 nitrogen and oxygen atoms in total. The molecule has 0 atom stereocenters. The fraction of sp³-hybridized carbons (Fsp3) is 0.354. The van der Waals surface area contributed by atoms with E-state index in [1.807, 2.05) is 66.7 Å². The van der Waals surface area contributed by atoms with Gasteiger partial charge in [0.2, 0.25) is 0 Å². The van der Waals surface area contributed by atoms with E-state index in [4.69, 9.17) is 0 Å². The Morgan fingerprint density at radius 1 is 0.473 bits per heavy atom. The first kappa shape index (κ1) is 36.5. The molecule has 4 amide bonds. The van der Waals surface area contributed by atoms with Gasteiger partial charge in [-0.2, -0.15) is 10.1 Å². The quantitative estimate of drug-likeness (QED) is 0.0307. The predicted octanol–water partition coefficient (Wildman–Crippen LogP) is 11.8. The standard InChI is InChI=1S/C48H49N3O4/c1-3-5-7-9-11-16-20-32(21-17-12-10-8-6-4-2)50-45(52)37-26-22-33-35-24-28-39-44-40(48(55)51(47(39)54)49-30-31-18-14-13-15-19-31)29-25-36(42(35)44)34-23-27-38(46(50)53)43(37)41(33)34/h13-15,18-19,22-30,32H,3-12,16-17,20-21H2,1-2H3/b49-30+. The van der Waals surface area contributed by atoms with Gasteiger partial charge in [-0.3, -0.25) is 24.1 Å². The number of carbonyl (C=O) groups is 4. The summed E-state index contributed by atoms with van der Waals surface area (Å²) < 4.78 is 0. The van der Waals surface area contributed by atoms with Gasteiger partial charge in [-0.25, -0.2) is 0 Å². The zero-order valence-electron chi connectivity index (χ0n) is 32.0. The molecule has 0 unspecified atom stereocenters. The normalized spacial score (nSPS) is 14.5. The second kappa shape index (κ2) is 15.7. The number of hydrogen-bond donors (Lipinski definition) is 0. The summed E-state index contributed by atoms with van der Waals surface area (Å²) in [6.45, 7) is 4.45. The molecule has 0 saturated heterocycles. The van der Waals surface area contributed by atoms with Gasteiger partial charge in [0, 0.05) is 27.9 Å². The highest BCUT2D eigenvalue weighted by Gasteiger charge is 2.39. The fourth-order valence-corrected chi connectivity index (χ4v) is 9.10. The first-order valence-electron chi connectivity index (χ1n) is 20.5. The first-order chi connectivity index (χ1) is 26.9. The van der Waals surface area contributed by atoms with E-state index < -0.39 is 11.8 Å². The minimum atomic E-state index is -0.475. The molecule has 8 rings (SSSR count). The molecule has 7 heteroatoms. The van der Waals surface area contributed by atoms with Crippen LogP contribution in [0, 0.1) is 0 Å². The van der Waals surface area contributed by atoms with Crippen LogP contribution < -0.4 is 0 Å². The minimum Gasteiger partial charge on any atom is -0.271 e. The lowest BCUT2D eigenvalue weighted by Gasteiger charge is -2.35. The van der Waals surface area contributed by atoms with Crippen molar-refractivity contribution in [3.05, 3.63) is 107 Å². The van der Waals surface area contributed by atoms with Crippen molar-refractivity contribution in [2.24, 2.45) is 5.10 Å². The summed E-state index contributed by atoms with van der Waals surface area (Å²) >= 11 is 0. The molecule has 2 heterocycles. The number of unbranched alkanes of at least 4 members (excludes halogenated alkanes) is 10. The fourth-order valence-electron chi connectivity index (χ4n) is 9.10. The zero-order valence-corrected chi connectivity index (χ0v) is 32.0. The van der Waals surface area contributed by atoms with Gasteiger partial charge < -0.3 is 0 Å². The highest BCUT2D eigenvalue weighted by atomic mass is 16.2. The Morgan fingerprint density at radius 2 is 0.873 bits per heavy atom. The third-order valence-corrected chi connectivity index (χ3v) is 11.9. The molecule has 280 valence electrons. The number of hydrogen-bond acceptors (Lipinski definition) is 5. The van der Waals surface area contributed by atoms with Gasteiger partial charge in [0.15, 0.2) is 0 Å². The third-order valence-electron chi connectivity index (χ3n) is 11.9. The predicted molar refractivity (Wildman–Crippen MR) is 222 cm³/mol. The largest absolute Gasteiger partial charge is 0.282 e. The number of amides is 4. The maximum Gasteiger partial charge on any atom is 0.282 e. The second-order valence-electron chi connectivity index (χ2n) is 15.5. The summed E-state index contributed by atoms with van der Waals surface area (Å²) in [4.78, 5) is 58.4. The number of hydrazone groups is 1. The summed E-state index contributed by atoms with van der Waals surface area (Å²) in [5, 5.41) is 11.8. The summed E-state index contributed by atoms with van der Waals surface area (Å²) in [5.74, 6) is -1.35. The Hall–Kier alpha value is -5.43. The zero-order chi connectivity index (χ0) is 38.1. The molecular weight excluding hydrogens is 683 g/mol. The Bertz CT molecular complexity index is 2330. The number of imide groups is 2. The smallest absolute Gasteiger partial charge is 0.271 e. The first-order valence-corrected chi connectivity index (χ1v) is 20.5. The van der Waals surface area contributed by atoms with E-state index in [-0.39, 0.29) is 17.9 Å². The molecule has 6 aromatic rings. The van der Waals surface area contributed by atoms with Gasteiger partial charge in [0.05, 0.1) is 17.3 Å². The van der Waals surface area contributed by atoms with E-state index >= 15 is 0 Å². The van der Waals surface area contributed by atoms with Crippen molar-refractivity contribution in [3.8, 4) is 0 Å². The van der Waals surface area contributed by atoms with Crippen molar-refractivity contribution in [3.63, 3.8) is 0 Å². The van der Waals surface area contributed by atoms with Gasteiger partial charge in [-0.1, -0.05) is 145 Å². The molecule has 0 N–H and O–H groups in total. The number of carbonyl (C=O) groups excluding carboxylic acids is 4. The molecule has 0 spiro atoms. The molecule has 0 radical (unpaired) electrons. The van der Waals surface area contributed by atoms with E-state index in [9.17, 15) is 19.2 Å². The van der Waals surface area contributed by atoms with Crippen LogP contribution in [0.1, 0.15) is 151 Å². The van der Waals surface area contributed by atoms with Crippen LogP contribution in [0.5, 0.6) is 0 Å². The van der Waals surface area contributed by atoms with Crippen LogP contribution in [0.4, 0.5) is 0 Å². The summed E-state index contributed by atoms with van der Waals surface area (Å²) in [5.41, 5.74) is 2.74. The maximum atomic E-state index is 14.6. The van der Waals surface area contributed by atoms with Crippen LogP contribution in [0.3, 0.4) is 0 Å². The van der Waals surface area contributed by atoms with Crippen molar-refractivity contribution in [1.82, 2.24) is 9.91 Å². The Morgan fingerprint density at radius 3 is 1.31 bits per heavy atom. The van der Waals surface area contributed by atoms with Crippen molar-refractivity contribution < 1.29 is 19.2 Å². The van der Waals surface area contributed by atoms with Crippen LogP contribution in [0.25, 0.3) is 43.1 Å². The van der Waals surface area contributed by atoms with Crippen LogP contribution in [-0.4, -0.2) is 45.8 Å². The van der Waals surface area contributed by atoms with Gasteiger partial charge in [-0.15, -0.1) is 0 Å². The molecule has 55 heavy (non-hydrogen) atoms. The van der Waals surface area contributed by atoms with Crippen LogP contribution in [0.15, 0.2) is 84.0 Å². The molecule has 0 saturated carbocycles. The molecule has 2 aliphatic heterocycles. The highest BCUT2D eigenvalue weighted by Crippen LogP contribution is 2.46. The Labute approximate surface area is 322 Å². The molecule has 2 aliphatic rings. The lowest BCUT2D eigenvalue weighted by atomic mass is 9.82. The number of fused-ring (bicyclic) bond motifs is 2. The second-order valence-corrected chi connectivity index (χ2v) is 15.5. The van der Waals surface area contributed by atoms with Crippen LogP contribution in [0.2, 0.25) is 0 Å². The number of nitrogens with zero attached hydrogens (tertiary/aromatic N) is 3. The monoisotopic (exact) mass is 731 g/mol. The lowest BCUT2D eigenvalue weighted by molar-refractivity contribution is 0.0514. The molecule has 6 aromatic carbocycles. The SMILES string of the molecule is CCCCCCCCC(CCCCCCCC)N1C(=O)c2ccc3c4ccc5c6c(ccc(c7ccc(c2c37)C1=O)c64)C(=O)N(/N=C/c1ccccc1)C5=O. The molecule has 0 bridgehead atoms. The van der Waals surface area contributed by atoms with Gasteiger partial charge in [-0.05, 0) is 75.0 Å². The molecular formula is C48H49N3O4. The minimum absolute atomic E-state index is 0.128. The maximum absolute atomic E-state index is 14.6. The molecule has 0 aliphatic carbocycles. The summed E-state index contributed by atoms with van der Waals surface area (Å²) in [7, 11) is 0. The average molecular weight is 732 g/mol. The van der Waals surface area contributed by atoms with Crippen LogP contribution in [-0.2, 0) is 0 Å². The molecule has 0 aromatic heterocycles. The lowest BCUT2D eigenvalue weighted by Crippen LogP contribution is -2.47. The van der Waals surface area contributed by atoms with E-state index in [1.54, 1.807) is 17.0 Å². The Kier molecular flexibility index (Phi) is 10.5. The number of benzene rings is 6. The topological polar surface area (TPSA) is 87.1 Å². The van der Waals surface area contributed by atoms with E-state index in [1.165, 1.54) is 57.6 Å². The van der Waals surface area contributed by atoms with Gasteiger partial charge in [0.25, 0.3) is 23.6 Å². The van der Waals surface area contributed by atoms with Crippen molar-refractivity contribution in [2.45, 2.75) is 110 Å². The average Bonchev–Trinajstić information content (AvgIpc) is 3.21. The summed E-state index contributed by atoms with van der Waals surface area (Å²) in [6.07, 6.45) is 17.2. The third kappa shape index (κ3) is 6.47. The van der Waals surface area contributed by atoms with Crippen molar-refractivity contribution in [2.75, 3.05) is 0 Å². The van der Waals surface area contributed by atoms with E-state index in [0.717, 1.165) is 81.4 Å². The number of rotatable bonds is 17. The Balaban J connectivity index is 1.17. The van der Waals surface area contributed by atoms with Crippen LogP contribution >= 0.6 is 0 Å². The summed E-state index contributed by atoms with van der Waals surface area (Å²) in [6, 6.07) is 24.4. The highest BCUT2D eigenvalue weighted by molar-refractivity contribution is 6.41. The van der Waals surface area contributed by atoms with E-state index in [2.05, 4.69) is 18.9 Å². The van der Waals surface area contributed by atoms with Crippen molar-refractivity contribution in [1.29, 1.82) is 0 Å². The molecule has 0 fully saturated rings. The van der Waals surface area contributed by atoms with Gasteiger partial charge in [0.1, 0.15) is 0 Å². The van der Waals surface area contributed by atoms with E-state index in [0.29, 0.717) is 33.0 Å².